The zero-order valence-corrected chi connectivity index (χ0v) is 11.1. The van der Waals surface area contributed by atoms with Crippen LogP contribution in [0.3, 0.4) is 0 Å². The minimum Gasteiger partial charge on any atom is -0.497 e. The Labute approximate surface area is 117 Å². The molecule has 1 heterocycles. The van der Waals surface area contributed by atoms with Crippen LogP contribution in [-0.2, 0) is 0 Å². The Balaban J connectivity index is 2.04. The highest BCUT2D eigenvalue weighted by molar-refractivity contribution is 5.84. The van der Waals surface area contributed by atoms with Gasteiger partial charge in [-0.3, -0.25) is 0 Å². The van der Waals surface area contributed by atoms with Crippen molar-refractivity contribution in [3.05, 3.63) is 65.9 Å². The lowest BCUT2D eigenvalue weighted by molar-refractivity contribution is 0.141. The molecule has 0 saturated carbocycles. The van der Waals surface area contributed by atoms with Crippen LogP contribution in [0.1, 0.15) is 17.2 Å². The van der Waals surface area contributed by atoms with E-state index in [1.165, 1.54) is 0 Å². The monoisotopic (exact) mass is 268 g/mol. The van der Waals surface area contributed by atoms with E-state index in [-0.39, 0.29) is 6.04 Å². The fourth-order valence-corrected chi connectivity index (χ4v) is 2.45. The van der Waals surface area contributed by atoms with Crippen LogP contribution in [0.15, 0.2) is 54.7 Å². The zero-order valence-electron chi connectivity index (χ0n) is 11.1. The second-order valence-electron chi connectivity index (χ2n) is 4.62. The Hall–Kier alpha value is -2.30. The molecule has 0 radical (unpaired) electrons. The highest BCUT2D eigenvalue weighted by Crippen LogP contribution is 2.29. The Morgan fingerprint density at radius 2 is 1.85 bits per heavy atom. The summed E-state index contributed by atoms with van der Waals surface area (Å²) in [6, 6.07) is 15.4. The molecule has 4 nitrogen and oxygen atoms in total. The van der Waals surface area contributed by atoms with Gasteiger partial charge >= 0.3 is 0 Å². The molecule has 4 heteroatoms. The summed E-state index contributed by atoms with van der Waals surface area (Å²) < 4.78 is 5.15. The third-order valence-electron chi connectivity index (χ3n) is 3.51. The van der Waals surface area contributed by atoms with Gasteiger partial charge in [-0.05, 0) is 23.8 Å². The van der Waals surface area contributed by atoms with Crippen LogP contribution in [0.5, 0.6) is 5.75 Å². The number of benzene rings is 2. The van der Waals surface area contributed by atoms with Gasteiger partial charge in [-0.2, -0.15) is 5.48 Å². The molecule has 1 atom stereocenters. The second-order valence-corrected chi connectivity index (χ2v) is 4.62. The van der Waals surface area contributed by atoms with Gasteiger partial charge < -0.3 is 14.9 Å². The summed E-state index contributed by atoms with van der Waals surface area (Å²) in [4.78, 5) is 3.22. The van der Waals surface area contributed by atoms with E-state index in [1.807, 2.05) is 54.7 Å². The SMILES string of the molecule is COc1ccc(C(NO)c2c[nH]c3ccccc23)cc1. The fraction of sp³-hybridized carbons (Fsp3) is 0.125. The van der Waals surface area contributed by atoms with E-state index in [9.17, 15) is 5.21 Å². The van der Waals surface area contributed by atoms with Crippen LogP contribution in [0, 0.1) is 0 Å². The summed E-state index contributed by atoms with van der Waals surface area (Å²) in [6.07, 6.45) is 1.92. The van der Waals surface area contributed by atoms with E-state index in [4.69, 9.17) is 4.74 Å². The molecule has 2 aromatic carbocycles. The van der Waals surface area contributed by atoms with E-state index in [0.29, 0.717) is 0 Å². The van der Waals surface area contributed by atoms with Gasteiger partial charge in [0.15, 0.2) is 0 Å². The number of aromatic nitrogens is 1. The Bertz CT molecular complexity index is 704. The van der Waals surface area contributed by atoms with Gasteiger partial charge in [-0.1, -0.05) is 30.3 Å². The predicted octanol–water partition coefficient (Wildman–Crippen LogP) is 3.24. The number of H-pyrrole nitrogens is 1. The van der Waals surface area contributed by atoms with Crippen LogP contribution in [0.4, 0.5) is 0 Å². The number of ether oxygens (including phenoxy) is 1. The molecule has 0 fully saturated rings. The summed E-state index contributed by atoms with van der Waals surface area (Å²) in [6.45, 7) is 0. The summed E-state index contributed by atoms with van der Waals surface area (Å²) in [5.41, 5.74) is 5.42. The average molecular weight is 268 g/mol. The van der Waals surface area contributed by atoms with Crippen molar-refractivity contribution in [2.45, 2.75) is 6.04 Å². The highest BCUT2D eigenvalue weighted by Gasteiger charge is 2.16. The third-order valence-corrected chi connectivity index (χ3v) is 3.51. The molecular formula is C16H16N2O2. The number of hydrogen-bond acceptors (Lipinski definition) is 3. The molecule has 0 aliphatic rings. The lowest BCUT2D eigenvalue weighted by Gasteiger charge is -2.15. The standard InChI is InChI=1S/C16H16N2O2/c1-20-12-8-6-11(7-9-12)16(18-19)14-10-17-15-5-3-2-4-13(14)15/h2-10,16-19H,1H3. The third kappa shape index (κ3) is 2.15. The molecule has 1 aromatic heterocycles. The van der Waals surface area contributed by atoms with Crippen molar-refractivity contribution in [3.8, 4) is 5.75 Å². The van der Waals surface area contributed by atoms with Crippen LogP contribution in [-0.4, -0.2) is 17.3 Å². The quantitative estimate of drug-likeness (QED) is 0.637. The first kappa shape index (κ1) is 12.7. The summed E-state index contributed by atoms with van der Waals surface area (Å²) >= 11 is 0. The molecule has 3 rings (SSSR count). The van der Waals surface area contributed by atoms with Crippen molar-refractivity contribution in [3.63, 3.8) is 0 Å². The summed E-state index contributed by atoms with van der Waals surface area (Å²) in [5.74, 6) is 0.796. The van der Waals surface area contributed by atoms with Gasteiger partial charge in [0.2, 0.25) is 0 Å². The number of nitrogens with one attached hydrogen (secondary N) is 2. The molecule has 0 aliphatic heterocycles. The lowest BCUT2D eigenvalue weighted by atomic mass is 9.99. The van der Waals surface area contributed by atoms with Crippen molar-refractivity contribution in [2.24, 2.45) is 0 Å². The van der Waals surface area contributed by atoms with Crippen LogP contribution >= 0.6 is 0 Å². The molecule has 0 spiro atoms. The van der Waals surface area contributed by atoms with Gasteiger partial charge in [0, 0.05) is 22.7 Å². The lowest BCUT2D eigenvalue weighted by Crippen LogP contribution is -2.17. The Morgan fingerprint density at radius 3 is 2.55 bits per heavy atom. The minimum absolute atomic E-state index is 0.281. The average Bonchev–Trinajstić information content (AvgIpc) is 2.93. The summed E-state index contributed by atoms with van der Waals surface area (Å²) in [7, 11) is 1.64. The van der Waals surface area contributed by atoms with Crippen LogP contribution < -0.4 is 10.2 Å². The fourth-order valence-electron chi connectivity index (χ4n) is 2.45. The largest absolute Gasteiger partial charge is 0.497 e. The number of para-hydroxylation sites is 1. The summed E-state index contributed by atoms with van der Waals surface area (Å²) in [5, 5.41) is 10.6. The van der Waals surface area contributed by atoms with E-state index in [1.54, 1.807) is 7.11 Å². The van der Waals surface area contributed by atoms with Gasteiger partial charge in [0.05, 0.1) is 13.2 Å². The number of aromatic amines is 1. The topological polar surface area (TPSA) is 57.3 Å². The normalized spacial score (nSPS) is 12.5. The van der Waals surface area contributed by atoms with Crippen molar-refractivity contribution in [1.82, 2.24) is 10.5 Å². The number of hydrogen-bond donors (Lipinski definition) is 3. The Kier molecular flexibility index (Phi) is 3.41. The van der Waals surface area contributed by atoms with Crippen LogP contribution in [0.2, 0.25) is 0 Å². The van der Waals surface area contributed by atoms with Gasteiger partial charge in [0.25, 0.3) is 0 Å². The molecule has 102 valence electrons. The minimum atomic E-state index is -0.281. The first-order valence-corrected chi connectivity index (χ1v) is 6.43. The van der Waals surface area contributed by atoms with E-state index >= 15 is 0 Å². The van der Waals surface area contributed by atoms with Crippen LogP contribution in [0.25, 0.3) is 10.9 Å². The molecule has 0 saturated heterocycles. The van der Waals surface area contributed by atoms with E-state index in [2.05, 4.69) is 10.5 Å². The second kappa shape index (κ2) is 5.36. The molecule has 3 aromatic rings. The molecule has 20 heavy (non-hydrogen) atoms. The number of methoxy groups -OCH3 is 1. The van der Waals surface area contributed by atoms with Crippen molar-refractivity contribution >= 4 is 10.9 Å². The van der Waals surface area contributed by atoms with Crippen molar-refractivity contribution < 1.29 is 9.94 Å². The number of hydroxylamine groups is 1. The number of rotatable bonds is 4. The maximum absolute atomic E-state index is 9.54. The molecule has 1 unspecified atom stereocenters. The van der Waals surface area contributed by atoms with Crippen molar-refractivity contribution in [1.29, 1.82) is 0 Å². The van der Waals surface area contributed by atoms with Gasteiger partial charge in [-0.25, -0.2) is 0 Å². The molecular weight excluding hydrogens is 252 g/mol. The predicted molar refractivity (Wildman–Crippen MR) is 78.1 cm³/mol. The smallest absolute Gasteiger partial charge is 0.118 e. The van der Waals surface area contributed by atoms with Gasteiger partial charge in [0.1, 0.15) is 5.75 Å². The van der Waals surface area contributed by atoms with Gasteiger partial charge in [-0.15, -0.1) is 0 Å². The molecule has 0 bridgehead atoms. The Morgan fingerprint density at radius 1 is 1.10 bits per heavy atom. The molecule has 0 aliphatic carbocycles. The maximum Gasteiger partial charge on any atom is 0.118 e. The maximum atomic E-state index is 9.54. The highest BCUT2D eigenvalue weighted by atomic mass is 16.5. The van der Waals surface area contributed by atoms with E-state index in [0.717, 1.165) is 27.8 Å². The van der Waals surface area contributed by atoms with E-state index < -0.39 is 0 Å². The molecule has 3 N–H and O–H groups in total. The first-order valence-electron chi connectivity index (χ1n) is 6.43. The van der Waals surface area contributed by atoms with Crippen molar-refractivity contribution in [2.75, 3.05) is 7.11 Å². The number of fused-ring (bicyclic) bond motifs is 1. The zero-order chi connectivity index (χ0) is 13.9. The molecule has 0 amide bonds. The first-order chi connectivity index (χ1) is 9.83.